The van der Waals surface area contributed by atoms with Crippen LogP contribution in [0, 0.1) is 0 Å². The topological polar surface area (TPSA) is 33.3 Å². The van der Waals surface area contributed by atoms with Crippen LogP contribution < -0.4 is 10.6 Å². The summed E-state index contributed by atoms with van der Waals surface area (Å²) in [5.74, 6) is 0. The van der Waals surface area contributed by atoms with Crippen LogP contribution >= 0.6 is 0 Å². The van der Waals surface area contributed by atoms with E-state index >= 15 is 0 Å². The van der Waals surface area contributed by atoms with Crippen molar-refractivity contribution in [3.63, 3.8) is 0 Å². The lowest BCUT2D eigenvalue weighted by atomic mass is 10.0. The zero-order chi connectivity index (χ0) is 12.1. The van der Waals surface area contributed by atoms with Crippen LogP contribution in [0.2, 0.25) is 0 Å². The minimum Gasteiger partial charge on any atom is -0.379 e. The second-order valence-electron chi connectivity index (χ2n) is 4.67. The van der Waals surface area contributed by atoms with Crippen molar-refractivity contribution >= 4 is 0 Å². The summed E-state index contributed by atoms with van der Waals surface area (Å²) in [6, 6.07) is 11.4. The van der Waals surface area contributed by atoms with E-state index in [2.05, 4.69) is 47.9 Å². The third-order valence-corrected chi connectivity index (χ3v) is 3.49. The lowest BCUT2D eigenvalue weighted by Crippen LogP contribution is -2.52. The molecule has 2 rings (SSSR count). The average molecular weight is 234 g/mol. The third-order valence-electron chi connectivity index (χ3n) is 3.49. The molecule has 94 valence electrons. The van der Waals surface area contributed by atoms with Crippen LogP contribution in [0.4, 0.5) is 0 Å². The van der Waals surface area contributed by atoms with Gasteiger partial charge in [-0.3, -0.25) is 0 Å². The molecule has 3 nitrogen and oxygen atoms in total. The first kappa shape index (κ1) is 12.6. The molecule has 0 amide bonds. The van der Waals surface area contributed by atoms with E-state index in [4.69, 9.17) is 4.74 Å². The number of benzene rings is 1. The Bertz CT molecular complexity index is 328. The van der Waals surface area contributed by atoms with Crippen LogP contribution in [0.3, 0.4) is 0 Å². The number of ether oxygens (including phenoxy) is 1. The molecular weight excluding hydrogens is 212 g/mol. The van der Waals surface area contributed by atoms with Crippen LogP contribution in [0.1, 0.15) is 24.9 Å². The summed E-state index contributed by atoms with van der Waals surface area (Å²) in [6.07, 6.45) is 1.39. The van der Waals surface area contributed by atoms with Crippen molar-refractivity contribution in [2.75, 3.05) is 20.2 Å². The lowest BCUT2D eigenvalue weighted by Gasteiger charge is -2.34. The first-order chi connectivity index (χ1) is 8.31. The smallest absolute Gasteiger partial charge is 0.0848 e. The standard InChI is InChI=1S/C14H22N2O/c1-11(12-6-4-3-5-7-12)16-13-8-9-15-10-14(13)17-2/h3-7,11,13-16H,8-10H2,1-2H3/t11?,13-,14+/m1/s1. The molecule has 1 aromatic carbocycles. The molecule has 1 aliphatic rings. The maximum absolute atomic E-state index is 5.52. The second-order valence-corrected chi connectivity index (χ2v) is 4.67. The number of hydrogen-bond donors (Lipinski definition) is 2. The highest BCUT2D eigenvalue weighted by Crippen LogP contribution is 2.16. The minimum absolute atomic E-state index is 0.273. The Morgan fingerprint density at radius 1 is 1.35 bits per heavy atom. The minimum atomic E-state index is 0.273. The summed E-state index contributed by atoms with van der Waals surface area (Å²) >= 11 is 0. The Balaban J connectivity index is 1.95. The molecule has 0 aromatic heterocycles. The van der Waals surface area contributed by atoms with Crippen molar-refractivity contribution in [2.24, 2.45) is 0 Å². The van der Waals surface area contributed by atoms with Crippen LogP contribution in [0.15, 0.2) is 30.3 Å². The van der Waals surface area contributed by atoms with Gasteiger partial charge in [0.2, 0.25) is 0 Å². The maximum atomic E-state index is 5.52. The largest absolute Gasteiger partial charge is 0.379 e. The molecule has 0 radical (unpaired) electrons. The number of piperidine rings is 1. The van der Waals surface area contributed by atoms with Gasteiger partial charge in [-0.2, -0.15) is 0 Å². The number of nitrogens with one attached hydrogen (secondary N) is 2. The van der Waals surface area contributed by atoms with Gasteiger partial charge >= 0.3 is 0 Å². The molecule has 3 atom stereocenters. The third kappa shape index (κ3) is 3.28. The van der Waals surface area contributed by atoms with E-state index in [1.54, 1.807) is 7.11 Å². The Kier molecular flexibility index (Phi) is 4.54. The summed E-state index contributed by atoms with van der Waals surface area (Å²) < 4.78 is 5.52. The second kappa shape index (κ2) is 6.15. The van der Waals surface area contributed by atoms with Gasteiger partial charge in [0, 0.05) is 25.7 Å². The summed E-state index contributed by atoms with van der Waals surface area (Å²) in [6.45, 7) is 4.22. The first-order valence-corrected chi connectivity index (χ1v) is 6.35. The molecule has 1 aliphatic heterocycles. The molecule has 0 spiro atoms. The van der Waals surface area contributed by atoms with Gasteiger partial charge in [-0.05, 0) is 25.5 Å². The fourth-order valence-electron chi connectivity index (χ4n) is 2.43. The van der Waals surface area contributed by atoms with Gasteiger partial charge in [0.05, 0.1) is 6.10 Å². The highest BCUT2D eigenvalue weighted by molar-refractivity contribution is 5.18. The number of hydrogen-bond acceptors (Lipinski definition) is 3. The SMILES string of the molecule is CO[C@H]1CNCC[C@H]1NC(C)c1ccccc1. The molecule has 0 saturated carbocycles. The molecule has 1 fully saturated rings. The Labute approximate surface area is 104 Å². The Morgan fingerprint density at radius 3 is 2.82 bits per heavy atom. The first-order valence-electron chi connectivity index (χ1n) is 6.35. The lowest BCUT2D eigenvalue weighted by molar-refractivity contribution is 0.0482. The van der Waals surface area contributed by atoms with Gasteiger partial charge in [-0.15, -0.1) is 0 Å². The summed E-state index contributed by atoms with van der Waals surface area (Å²) in [5.41, 5.74) is 1.33. The molecule has 0 aliphatic carbocycles. The molecule has 1 aromatic rings. The molecule has 2 N–H and O–H groups in total. The molecule has 1 unspecified atom stereocenters. The molecule has 1 heterocycles. The highest BCUT2D eigenvalue weighted by atomic mass is 16.5. The molecule has 3 heteroatoms. The number of methoxy groups -OCH3 is 1. The van der Waals surface area contributed by atoms with Crippen LogP contribution in [-0.2, 0) is 4.74 Å². The number of rotatable bonds is 4. The predicted molar refractivity (Wildman–Crippen MR) is 70.1 cm³/mol. The van der Waals surface area contributed by atoms with E-state index in [1.807, 2.05) is 0 Å². The van der Waals surface area contributed by atoms with Crippen LogP contribution in [0.5, 0.6) is 0 Å². The van der Waals surface area contributed by atoms with Gasteiger partial charge < -0.3 is 15.4 Å². The summed E-state index contributed by atoms with van der Waals surface area (Å²) in [7, 11) is 1.79. The molecular formula is C14H22N2O. The van der Waals surface area contributed by atoms with Gasteiger partial charge in [-0.25, -0.2) is 0 Å². The fourth-order valence-corrected chi connectivity index (χ4v) is 2.43. The summed E-state index contributed by atoms with van der Waals surface area (Å²) in [4.78, 5) is 0. The van der Waals surface area contributed by atoms with Crippen molar-refractivity contribution in [2.45, 2.75) is 31.5 Å². The highest BCUT2D eigenvalue weighted by Gasteiger charge is 2.25. The van der Waals surface area contributed by atoms with E-state index in [0.717, 1.165) is 19.5 Å². The average Bonchev–Trinajstić information content (AvgIpc) is 2.40. The van der Waals surface area contributed by atoms with Gasteiger partial charge in [0.25, 0.3) is 0 Å². The van der Waals surface area contributed by atoms with E-state index < -0.39 is 0 Å². The Morgan fingerprint density at radius 2 is 2.12 bits per heavy atom. The van der Waals surface area contributed by atoms with Crippen molar-refractivity contribution in [3.8, 4) is 0 Å². The van der Waals surface area contributed by atoms with Crippen LogP contribution in [0.25, 0.3) is 0 Å². The van der Waals surface area contributed by atoms with Gasteiger partial charge in [0.1, 0.15) is 0 Å². The maximum Gasteiger partial charge on any atom is 0.0848 e. The normalized spacial score (nSPS) is 26.7. The quantitative estimate of drug-likeness (QED) is 0.832. The Hall–Kier alpha value is -0.900. The van der Waals surface area contributed by atoms with Gasteiger partial charge in [-0.1, -0.05) is 30.3 Å². The zero-order valence-corrected chi connectivity index (χ0v) is 10.6. The van der Waals surface area contributed by atoms with E-state index in [0.29, 0.717) is 12.1 Å². The predicted octanol–water partition coefficient (Wildman–Crippen LogP) is 1.71. The van der Waals surface area contributed by atoms with Crippen molar-refractivity contribution in [1.29, 1.82) is 0 Å². The van der Waals surface area contributed by atoms with E-state index in [9.17, 15) is 0 Å². The van der Waals surface area contributed by atoms with Crippen molar-refractivity contribution in [3.05, 3.63) is 35.9 Å². The monoisotopic (exact) mass is 234 g/mol. The van der Waals surface area contributed by atoms with E-state index in [-0.39, 0.29) is 6.10 Å². The zero-order valence-electron chi connectivity index (χ0n) is 10.6. The van der Waals surface area contributed by atoms with Gasteiger partial charge in [0.15, 0.2) is 0 Å². The molecule has 17 heavy (non-hydrogen) atoms. The van der Waals surface area contributed by atoms with Crippen LogP contribution in [-0.4, -0.2) is 32.3 Å². The van der Waals surface area contributed by atoms with Crippen molar-refractivity contribution in [1.82, 2.24) is 10.6 Å². The molecule has 1 saturated heterocycles. The van der Waals surface area contributed by atoms with E-state index in [1.165, 1.54) is 5.56 Å². The summed E-state index contributed by atoms with van der Waals surface area (Å²) in [5, 5.41) is 7.03. The molecule has 0 bridgehead atoms. The fraction of sp³-hybridized carbons (Fsp3) is 0.571. The van der Waals surface area contributed by atoms with Crippen molar-refractivity contribution < 1.29 is 4.74 Å².